The van der Waals surface area contributed by atoms with Gasteiger partial charge in [0.1, 0.15) is 6.54 Å². The van der Waals surface area contributed by atoms with Gasteiger partial charge in [-0.15, -0.1) is 0 Å². The second-order valence-corrected chi connectivity index (χ2v) is 6.05. The maximum atomic E-state index is 12.6. The zero-order chi connectivity index (χ0) is 20.9. The second-order valence-electron chi connectivity index (χ2n) is 6.05. The SMILES string of the molecule is CCOCCCNC(=O)c1cc(NC(=O)NCC(=O)OCC)ccc1N(C)C. The van der Waals surface area contributed by atoms with Crippen molar-refractivity contribution in [2.75, 3.05) is 57.2 Å². The van der Waals surface area contributed by atoms with Crippen molar-refractivity contribution < 1.29 is 23.9 Å². The summed E-state index contributed by atoms with van der Waals surface area (Å²) < 4.78 is 10.0. The van der Waals surface area contributed by atoms with E-state index in [-0.39, 0.29) is 19.1 Å². The quantitative estimate of drug-likeness (QED) is 0.388. The van der Waals surface area contributed by atoms with E-state index in [1.54, 1.807) is 25.1 Å². The lowest BCUT2D eigenvalue weighted by atomic mass is 10.1. The zero-order valence-corrected chi connectivity index (χ0v) is 17.0. The van der Waals surface area contributed by atoms with E-state index >= 15 is 0 Å². The van der Waals surface area contributed by atoms with E-state index in [0.29, 0.717) is 37.4 Å². The van der Waals surface area contributed by atoms with E-state index < -0.39 is 12.0 Å². The average molecular weight is 394 g/mol. The van der Waals surface area contributed by atoms with Crippen molar-refractivity contribution in [3.8, 4) is 0 Å². The minimum atomic E-state index is -0.561. The van der Waals surface area contributed by atoms with Crippen LogP contribution in [-0.4, -0.2) is 64.9 Å². The lowest BCUT2D eigenvalue weighted by Gasteiger charge is -2.18. The minimum Gasteiger partial charge on any atom is -0.465 e. The molecule has 0 aliphatic rings. The van der Waals surface area contributed by atoms with E-state index in [4.69, 9.17) is 9.47 Å². The molecule has 3 N–H and O–H groups in total. The maximum Gasteiger partial charge on any atom is 0.325 e. The van der Waals surface area contributed by atoms with Gasteiger partial charge in [-0.05, 0) is 38.5 Å². The Morgan fingerprint density at radius 1 is 1.07 bits per heavy atom. The number of carbonyl (C=O) groups is 3. The smallest absolute Gasteiger partial charge is 0.325 e. The number of hydrogen-bond donors (Lipinski definition) is 3. The Morgan fingerprint density at radius 2 is 1.82 bits per heavy atom. The average Bonchev–Trinajstić information content (AvgIpc) is 2.66. The van der Waals surface area contributed by atoms with Gasteiger partial charge in [0.05, 0.1) is 12.2 Å². The first-order valence-electron chi connectivity index (χ1n) is 9.26. The molecule has 0 saturated heterocycles. The number of ether oxygens (including phenoxy) is 2. The highest BCUT2D eigenvalue weighted by Crippen LogP contribution is 2.23. The summed E-state index contributed by atoms with van der Waals surface area (Å²) in [4.78, 5) is 37.6. The van der Waals surface area contributed by atoms with Gasteiger partial charge in [-0.2, -0.15) is 0 Å². The number of rotatable bonds is 11. The van der Waals surface area contributed by atoms with Crippen LogP contribution in [0.1, 0.15) is 30.6 Å². The monoisotopic (exact) mass is 394 g/mol. The second kappa shape index (κ2) is 12.6. The molecule has 0 radical (unpaired) electrons. The predicted molar refractivity (Wildman–Crippen MR) is 108 cm³/mol. The molecule has 1 rings (SSSR count). The Kier molecular flexibility index (Phi) is 10.4. The number of urea groups is 1. The third-order valence-electron chi connectivity index (χ3n) is 3.63. The Balaban J connectivity index is 2.74. The molecular weight excluding hydrogens is 364 g/mol. The van der Waals surface area contributed by atoms with Gasteiger partial charge in [0, 0.05) is 45.2 Å². The third kappa shape index (κ3) is 8.26. The summed E-state index contributed by atoms with van der Waals surface area (Å²) in [6, 6.07) is 4.46. The van der Waals surface area contributed by atoms with E-state index in [1.165, 1.54) is 0 Å². The molecule has 9 nitrogen and oxygen atoms in total. The van der Waals surface area contributed by atoms with Crippen LogP contribution >= 0.6 is 0 Å². The van der Waals surface area contributed by atoms with Crippen molar-refractivity contribution in [3.05, 3.63) is 23.8 Å². The predicted octanol–water partition coefficient (Wildman–Crippen LogP) is 1.59. The van der Waals surface area contributed by atoms with Crippen LogP contribution in [0.15, 0.2) is 18.2 Å². The van der Waals surface area contributed by atoms with Crippen LogP contribution in [0.3, 0.4) is 0 Å². The van der Waals surface area contributed by atoms with Gasteiger partial charge in [0.15, 0.2) is 0 Å². The van der Waals surface area contributed by atoms with Gasteiger partial charge in [-0.25, -0.2) is 4.79 Å². The van der Waals surface area contributed by atoms with Crippen LogP contribution in [0, 0.1) is 0 Å². The number of benzene rings is 1. The number of anilines is 2. The lowest BCUT2D eigenvalue weighted by Crippen LogP contribution is -2.34. The summed E-state index contributed by atoms with van der Waals surface area (Å²) in [5.74, 6) is -0.761. The molecule has 0 unspecified atom stereocenters. The fourth-order valence-electron chi connectivity index (χ4n) is 2.34. The number of nitrogens with one attached hydrogen (secondary N) is 3. The molecule has 0 fully saturated rings. The molecule has 1 aromatic carbocycles. The molecule has 0 atom stereocenters. The molecule has 3 amide bonds. The highest BCUT2D eigenvalue weighted by molar-refractivity contribution is 6.02. The normalized spacial score (nSPS) is 10.1. The van der Waals surface area contributed by atoms with Crippen LogP contribution in [0.5, 0.6) is 0 Å². The Morgan fingerprint density at radius 3 is 2.46 bits per heavy atom. The first-order valence-corrected chi connectivity index (χ1v) is 9.26. The van der Waals surface area contributed by atoms with Crippen molar-refractivity contribution in [3.63, 3.8) is 0 Å². The van der Waals surface area contributed by atoms with Crippen molar-refractivity contribution in [2.24, 2.45) is 0 Å². The fraction of sp³-hybridized carbons (Fsp3) is 0.526. The fourth-order valence-corrected chi connectivity index (χ4v) is 2.34. The lowest BCUT2D eigenvalue weighted by molar-refractivity contribution is -0.141. The van der Waals surface area contributed by atoms with Gasteiger partial charge in [0.2, 0.25) is 0 Å². The topological polar surface area (TPSA) is 109 Å². The molecular formula is C19H30N4O5. The maximum absolute atomic E-state index is 12.6. The van der Waals surface area contributed by atoms with Crippen LogP contribution in [0.25, 0.3) is 0 Å². The summed E-state index contributed by atoms with van der Waals surface area (Å²) in [5.41, 5.74) is 1.59. The van der Waals surface area contributed by atoms with Crippen molar-refractivity contribution in [1.82, 2.24) is 10.6 Å². The van der Waals surface area contributed by atoms with E-state index in [0.717, 1.165) is 5.69 Å². The van der Waals surface area contributed by atoms with Gasteiger partial charge >= 0.3 is 12.0 Å². The Hall–Kier alpha value is -2.81. The minimum absolute atomic E-state index is 0.234. The largest absolute Gasteiger partial charge is 0.465 e. The van der Waals surface area contributed by atoms with Crippen LogP contribution in [0.4, 0.5) is 16.2 Å². The third-order valence-corrected chi connectivity index (χ3v) is 3.63. The number of hydrogen-bond acceptors (Lipinski definition) is 6. The molecule has 0 spiro atoms. The van der Waals surface area contributed by atoms with Crippen molar-refractivity contribution >= 4 is 29.3 Å². The molecule has 0 heterocycles. The first kappa shape index (κ1) is 23.2. The summed E-state index contributed by atoms with van der Waals surface area (Å²) in [7, 11) is 3.67. The van der Waals surface area contributed by atoms with Crippen molar-refractivity contribution in [1.29, 1.82) is 0 Å². The molecule has 0 aromatic heterocycles. The summed E-state index contributed by atoms with van der Waals surface area (Å²) in [5, 5.41) is 7.87. The standard InChI is InChI=1S/C19H30N4O5/c1-5-27-11-7-10-20-18(25)15-12-14(8-9-16(15)23(3)4)22-19(26)21-13-17(24)28-6-2/h8-9,12H,5-7,10-11,13H2,1-4H3,(H,20,25)(H2,21,22,26). The van der Waals surface area contributed by atoms with Crippen LogP contribution < -0.4 is 20.9 Å². The molecule has 0 saturated carbocycles. The molecule has 1 aromatic rings. The Labute approximate surface area is 165 Å². The number of esters is 1. The number of amides is 3. The van der Waals surface area contributed by atoms with Crippen LogP contribution in [-0.2, 0) is 14.3 Å². The Bertz CT molecular complexity index is 664. The summed E-state index contributed by atoms with van der Waals surface area (Å²) in [6.07, 6.45) is 0.713. The molecule has 28 heavy (non-hydrogen) atoms. The van der Waals surface area contributed by atoms with E-state index in [9.17, 15) is 14.4 Å². The summed E-state index contributed by atoms with van der Waals surface area (Å²) in [6.45, 7) is 5.34. The highest BCUT2D eigenvalue weighted by Gasteiger charge is 2.15. The van der Waals surface area contributed by atoms with E-state index in [2.05, 4.69) is 16.0 Å². The molecule has 9 heteroatoms. The summed E-state index contributed by atoms with van der Waals surface area (Å²) >= 11 is 0. The van der Waals surface area contributed by atoms with Gasteiger partial charge < -0.3 is 30.3 Å². The zero-order valence-electron chi connectivity index (χ0n) is 17.0. The highest BCUT2D eigenvalue weighted by atomic mass is 16.5. The molecule has 156 valence electrons. The first-order chi connectivity index (χ1) is 13.4. The number of nitrogens with zero attached hydrogens (tertiary/aromatic N) is 1. The van der Waals surface area contributed by atoms with Crippen molar-refractivity contribution in [2.45, 2.75) is 20.3 Å². The van der Waals surface area contributed by atoms with Gasteiger partial charge in [0.25, 0.3) is 5.91 Å². The molecule has 0 bridgehead atoms. The van der Waals surface area contributed by atoms with Gasteiger partial charge in [-0.1, -0.05) is 0 Å². The number of carbonyl (C=O) groups excluding carboxylic acids is 3. The van der Waals surface area contributed by atoms with Gasteiger partial charge in [-0.3, -0.25) is 9.59 Å². The van der Waals surface area contributed by atoms with E-state index in [1.807, 2.05) is 25.9 Å². The molecule has 0 aliphatic heterocycles. The van der Waals surface area contributed by atoms with Crippen LogP contribution in [0.2, 0.25) is 0 Å². The molecule has 0 aliphatic carbocycles.